The molecule has 0 spiro atoms. The maximum Gasteiger partial charge on any atom is 0.129 e. The van der Waals surface area contributed by atoms with Gasteiger partial charge in [0, 0.05) is 16.6 Å². The molecule has 1 aromatic carbocycles. The van der Waals surface area contributed by atoms with Gasteiger partial charge in [-0.15, -0.1) is 6.58 Å². The number of allylic oxidation sites excluding steroid dienone is 1. The first kappa shape index (κ1) is 12.2. The normalized spacial score (nSPS) is 12.5. The molecular formula is C11H14ClFN2. The second-order valence-corrected chi connectivity index (χ2v) is 3.69. The lowest BCUT2D eigenvalue weighted by Crippen LogP contribution is -2.28. The monoisotopic (exact) mass is 228 g/mol. The van der Waals surface area contributed by atoms with E-state index < -0.39 is 0 Å². The van der Waals surface area contributed by atoms with Crippen LogP contribution in [0.2, 0.25) is 5.02 Å². The Bertz CT molecular complexity index is 341. The van der Waals surface area contributed by atoms with Gasteiger partial charge in [0.2, 0.25) is 0 Å². The molecule has 0 aliphatic rings. The molecule has 0 aliphatic heterocycles. The van der Waals surface area contributed by atoms with Crippen LogP contribution in [0.4, 0.5) is 4.39 Å². The molecule has 4 heteroatoms. The summed E-state index contributed by atoms with van der Waals surface area (Å²) in [4.78, 5) is 0. The molecule has 0 saturated heterocycles. The van der Waals surface area contributed by atoms with Gasteiger partial charge in [-0.05, 0) is 25.0 Å². The van der Waals surface area contributed by atoms with Crippen molar-refractivity contribution < 1.29 is 4.39 Å². The average molecular weight is 229 g/mol. The van der Waals surface area contributed by atoms with Crippen LogP contribution < -0.4 is 11.3 Å². The highest BCUT2D eigenvalue weighted by Crippen LogP contribution is 2.23. The van der Waals surface area contributed by atoms with E-state index in [4.69, 9.17) is 17.4 Å². The third-order valence-electron chi connectivity index (χ3n) is 2.20. The maximum atomic E-state index is 13.5. The van der Waals surface area contributed by atoms with E-state index in [-0.39, 0.29) is 11.9 Å². The van der Waals surface area contributed by atoms with Crippen molar-refractivity contribution in [1.82, 2.24) is 5.43 Å². The van der Waals surface area contributed by atoms with Crippen LogP contribution in [-0.4, -0.2) is 0 Å². The van der Waals surface area contributed by atoms with Gasteiger partial charge < -0.3 is 0 Å². The van der Waals surface area contributed by atoms with Crippen molar-refractivity contribution in [3.05, 3.63) is 47.3 Å². The lowest BCUT2D eigenvalue weighted by molar-refractivity contribution is 0.489. The van der Waals surface area contributed by atoms with E-state index in [9.17, 15) is 4.39 Å². The van der Waals surface area contributed by atoms with Crippen LogP contribution >= 0.6 is 11.6 Å². The molecule has 0 bridgehead atoms. The zero-order valence-corrected chi connectivity index (χ0v) is 9.10. The molecule has 15 heavy (non-hydrogen) atoms. The lowest BCUT2D eigenvalue weighted by atomic mass is 10.0. The molecule has 0 fully saturated rings. The fourth-order valence-electron chi connectivity index (χ4n) is 1.40. The molecule has 82 valence electrons. The van der Waals surface area contributed by atoms with Crippen LogP contribution in [0.25, 0.3) is 0 Å². The zero-order chi connectivity index (χ0) is 11.3. The molecular weight excluding hydrogens is 215 g/mol. The molecule has 2 nitrogen and oxygen atoms in total. The molecule has 1 atom stereocenters. The zero-order valence-electron chi connectivity index (χ0n) is 8.34. The van der Waals surface area contributed by atoms with Crippen LogP contribution in [0, 0.1) is 5.82 Å². The molecule has 0 saturated carbocycles. The Morgan fingerprint density at radius 2 is 2.33 bits per heavy atom. The number of hydrazine groups is 1. The summed E-state index contributed by atoms with van der Waals surface area (Å²) in [6, 6.07) is 4.37. The SMILES string of the molecule is C=CCCC(NN)c1ccc(Cl)cc1F. The maximum absolute atomic E-state index is 13.5. The summed E-state index contributed by atoms with van der Waals surface area (Å²) in [5.41, 5.74) is 3.11. The minimum atomic E-state index is -0.338. The van der Waals surface area contributed by atoms with Gasteiger partial charge in [0.05, 0.1) is 0 Å². The molecule has 1 rings (SSSR count). The molecule has 0 heterocycles. The molecule has 0 amide bonds. The number of benzene rings is 1. The van der Waals surface area contributed by atoms with Crippen LogP contribution in [0.5, 0.6) is 0 Å². The fraction of sp³-hybridized carbons (Fsp3) is 0.273. The van der Waals surface area contributed by atoms with E-state index in [0.717, 1.165) is 6.42 Å². The van der Waals surface area contributed by atoms with Gasteiger partial charge in [0.25, 0.3) is 0 Å². The summed E-state index contributed by atoms with van der Waals surface area (Å²) >= 11 is 5.66. The van der Waals surface area contributed by atoms with Crippen LogP contribution in [0.15, 0.2) is 30.9 Å². The predicted molar refractivity (Wildman–Crippen MR) is 60.9 cm³/mol. The molecule has 0 aliphatic carbocycles. The smallest absolute Gasteiger partial charge is 0.129 e. The van der Waals surface area contributed by atoms with Crippen LogP contribution in [0.1, 0.15) is 24.4 Å². The summed E-state index contributed by atoms with van der Waals surface area (Å²) in [7, 11) is 0. The number of rotatable bonds is 5. The third kappa shape index (κ3) is 3.30. The largest absolute Gasteiger partial charge is 0.271 e. The van der Waals surface area contributed by atoms with E-state index in [0.29, 0.717) is 17.0 Å². The van der Waals surface area contributed by atoms with Gasteiger partial charge in [-0.1, -0.05) is 23.7 Å². The first-order chi connectivity index (χ1) is 7.19. The highest BCUT2D eigenvalue weighted by atomic mass is 35.5. The second-order valence-electron chi connectivity index (χ2n) is 3.25. The first-order valence-corrected chi connectivity index (χ1v) is 5.08. The first-order valence-electron chi connectivity index (χ1n) is 4.71. The van der Waals surface area contributed by atoms with Crippen molar-refractivity contribution in [3.8, 4) is 0 Å². The Balaban J connectivity index is 2.86. The van der Waals surface area contributed by atoms with E-state index in [1.165, 1.54) is 6.07 Å². The van der Waals surface area contributed by atoms with Gasteiger partial charge in [0.15, 0.2) is 0 Å². The molecule has 0 aromatic heterocycles. The summed E-state index contributed by atoms with van der Waals surface area (Å²) in [5, 5.41) is 0.385. The summed E-state index contributed by atoms with van der Waals surface area (Å²) in [5.74, 6) is 5.03. The summed E-state index contributed by atoms with van der Waals surface area (Å²) in [6.45, 7) is 3.61. The van der Waals surface area contributed by atoms with E-state index >= 15 is 0 Å². The van der Waals surface area contributed by atoms with Crippen LogP contribution in [-0.2, 0) is 0 Å². The Kier molecular flexibility index (Phi) is 4.75. The van der Waals surface area contributed by atoms with Gasteiger partial charge in [-0.2, -0.15) is 0 Å². The Hall–Kier alpha value is -0.900. The minimum absolute atomic E-state index is 0.208. The predicted octanol–water partition coefficient (Wildman–Crippen LogP) is 2.95. The number of nitrogens with one attached hydrogen (secondary N) is 1. The summed E-state index contributed by atoms with van der Waals surface area (Å²) < 4.78 is 13.5. The lowest BCUT2D eigenvalue weighted by Gasteiger charge is -2.16. The second kappa shape index (κ2) is 5.85. The number of nitrogens with two attached hydrogens (primary N) is 1. The van der Waals surface area contributed by atoms with Crippen molar-refractivity contribution in [2.45, 2.75) is 18.9 Å². The van der Waals surface area contributed by atoms with Crippen LogP contribution in [0.3, 0.4) is 0 Å². The Labute approximate surface area is 93.9 Å². The summed E-state index contributed by atoms with van der Waals surface area (Å²) in [6.07, 6.45) is 3.26. The molecule has 3 N–H and O–H groups in total. The standard InChI is InChI=1S/C11H14ClFN2/c1-2-3-4-11(15-14)9-6-5-8(12)7-10(9)13/h2,5-7,11,15H,1,3-4,14H2. The number of hydrogen-bond acceptors (Lipinski definition) is 2. The average Bonchev–Trinajstić information content (AvgIpc) is 2.21. The highest BCUT2D eigenvalue weighted by Gasteiger charge is 2.13. The van der Waals surface area contributed by atoms with Crippen molar-refractivity contribution in [2.24, 2.45) is 5.84 Å². The van der Waals surface area contributed by atoms with Crippen molar-refractivity contribution in [1.29, 1.82) is 0 Å². The van der Waals surface area contributed by atoms with Gasteiger partial charge in [-0.3, -0.25) is 11.3 Å². The van der Waals surface area contributed by atoms with Crippen molar-refractivity contribution in [2.75, 3.05) is 0 Å². The Morgan fingerprint density at radius 3 is 2.87 bits per heavy atom. The van der Waals surface area contributed by atoms with Crippen molar-refractivity contribution >= 4 is 11.6 Å². The van der Waals surface area contributed by atoms with E-state index in [2.05, 4.69) is 12.0 Å². The minimum Gasteiger partial charge on any atom is -0.271 e. The third-order valence-corrected chi connectivity index (χ3v) is 2.43. The fourth-order valence-corrected chi connectivity index (χ4v) is 1.56. The molecule has 1 aromatic rings. The van der Waals surface area contributed by atoms with E-state index in [1.807, 2.05) is 0 Å². The van der Waals surface area contributed by atoms with Gasteiger partial charge in [0.1, 0.15) is 5.82 Å². The topological polar surface area (TPSA) is 38.0 Å². The molecule has 1 unspecified atom stereocenters. The molecule has 0 radical (unpaired) electrons. The quantitative estimate of drug-likeness (QED) is 0.462. The Morgan fingerprint density at radius 1 is 1.60 bits per heavy atom. The van der Waals surface area contributed by atoms with Gasteiger partial charge >= 0.3 is 0 Å². The number of hydrogen-bond donors (Lipinski definition) is 2. The highest BCUT2D eigenvalue weighted by molar-refractivity contribution is 6.30. The van der Waals surface area contributed by atoms with Gasteiger partial charge in [-0.25, -0.2) is 4.39 Å². The van der Waals surface area contributed by atoms with E-state index in [1.54, 1.807) is 18.2 Å². The number of halogens is 2. The van der Waals surface area contributed by atoms with Crippen molar-refractivity contribution in [3.63, 3.8) is 0 Å².